The molecule has 2 aliphatic heterocycles. The molecule has 0 aliphatic carbocycles. The molecule has 0 aromatic heterocycles. The van der Waals surface area contributed by atoms with Crippen molar-refractivity contribution in [2.75, 3.05) is 13.6 Å². The van der Waals surface area contributed by atoms with Crippen LogP contribution < -0.4 is 5.32 Å². The zero-order chi connectivity index (χ0) is 10.3. The molecule has 0 unspecified atom stereocenters. The van der Waals surface area contributed by atoms with Gasteiger partial charge in [-0.25, -0.2) is 4.79 Å². The van der Waals surface area contributed by atoms with E-state index in [1.807, 2.05) is 6.92 Å². The highest BCUT2D eigenvalue weighted by molar-refractivity contribution is 5.79. The number of carbonyl (C=O) groups excluding carboxylic acids is 2. The van der Waals surface area contributed by atoms with Crippen LogP contribution in [0.15, 0.2) is 0 Å². The normalized spacial score (nSPS) is 35.4. The van der Waals surface area contributed by atoms with Crippen molar-refractivity contribution in [2.45, 2.75) is 31.4 Å². The summed E-state index contributed by atoms with van der Waals surface area (Å²) >= 11 is 0. The van der Waals surface area contributed by atoms with Gasteiger partial charge in [0, 0.05) is 20.0 Å². The van der Waals surface area contributed by atoms with Gasteiger partial charge in [0.25, 0.3) is 0 Å². The van der Waals surface area contributed by atoms with E-state index in [-0.39, 0.29) is 18.0 Å². The van der Waals surface area contributed by atoms with E-state index in [9.17, 15) is 9.59 Å². The highest BCUT2D eigenvalue weighted by Crippen LogP contribution is 2.39. The van der Waals surface area contributed by atoms with Crippen LogP contribution in [0.3, 0.4) is 0 Å². The third-order valence-electron chi connectivity index (χ3n) is 3.11. The molecule has 2 rings (SSSR count). The van der Waals surface area contributed by atoms with Crippen LogP contribution in [0.5, 0.6) is 0 Å². The number of nitrogens with zero attached hydrogens (tertiary/aromatic N) is 1. The summed E-state index contributed by atoms with van der Waals surface area (Å²) in [5.41, 5.74) is -0.455. The lowest BCUT2D eigenvalue weighted by atomic mass is 9.97. The van der Waals surface area contributed by atoms with Gasteiger partial charge >= 0.3 is 12.0 Å². The third kappa shape index (κ3) is 1.15. The minimum absolute atomic E-state index is 0.0880. The van der Waals surface area contributed by atoms with Crippen molar-refractivity contribution in [3.8, 4) is 0 Å². The van der Waals surface area contributed by atoms with Crippen LogP contribution in [0.4, 0.5) is 4.79 Å². The number of hydrogen-bond acceptors (Lipinski definition) is 3. The second-order valence-electron chi connectivity index (χ2n) is 4.01. The smallest absolute Gasteiger partial charge is 0.317 e. The summed E-state index contributed by atoms with van der Waals surface area (Å²) in [5, 5.41) is 2.57. The zero-order valence-corrected chi connectivity index (χ0v) is 8.37. The molecule has 0 spiro atoms. The molecule has 0 aromatic rings. The highest BCUT2D eigenvalue weighted by atomic mass is 16.6. The van der Waals surface area contributed by atoms with Crippen molar-refractivity contribution >= 4 is 12.0 Å². The largest absolute Gasteiger partial charge is 0.457 e. The molecule has 2 heterocycles. The number of esters is 1. The summed E-state index contributed by atoms with van der Waals surface area (Å²) in [6.45, 7) is 2.56. The summed E-state index contributed by atoms with van der Waals surface area (Å²) in [6.07, 6.45) is 1.06. The molecule has 0 bridgehead atoms. The summed E-state index contributed by atoms with van der Waals surface area (Å²) in [6, 6.07) is -0.216. The van der Waals surface area contributed by atoms with Gasteiger partial charge in [-0.1, -0.05) is 0 Å². The van der Waals surface area contributed by atoms with E-state index in [2.05, 4.69) is 5.32 Å². The van der Waals surface area contributed by atoms with Crippen molar-refractivity contribution in [1.29, 1.82) is 0 Å². The van der Waals surface area contributed by atoms with E-state index < -0.39 is 5.60 Å². The monoisotopic (exact) mass is 198 g/mol. The summed E-state index contributed by atoms with van der Waals surface area (Å²) in [7, 11) is 1.59. The fourth-order valence-corrected chi connectivity index (χ4v) is 2.29. The van der Waals surface area contributed by atoms with Crippen molar-refractivity contribution in [3.05, 3.63) is 0 Å². The molecule has 78 valence electrons. The Labute approximate surface area is 82.4 Å². The summed E-state index contributed by atoms with van der Waals surface area (Å²) < 4.78 is 5.24. The lowest BCUT2D eigenvalue weighted by Gasteiger charge is -2.25. The van der Waals surface area contributed by atoms with Crippen LogP contribution in [0, 0.1) is 0 Å². The van der Waals surface area contributed by atoms with E-state index in [1.54, 1.807) is 11.9 Å². The molecule has 2 amide bonds. The first-order valence-electron chi connectivity index (χ1n) is 4.77. The number of ether oxygens (including phenoxy) is 1. The molecule has 2 fully saturated rings. The van der Waals surface area contributed by atoms with Gasteiger partial charge in [0.2, 0.25) is 0 Å². The average molecular weight is 198 g/mol. The van der Waals surface area contributed by atoms with E-state index in [1.165, 1.54) is 0 Å². The molecular weight excluding hydrogens is 184 g/mol. The Morgan fingerprint density at radius 2 is 2.43 bits per heavy atom. The molecule has 0 saturated carbocycles. The van der Waals surface area contributed by atoms with Crippen LogP contribution in [0.2, 0.25) is 0 Å². The molecule has 2 aliphatic rings. The van der Waals surface area contributed by atoms with Gasteiger partial charge < -0.3 is 15.0 Å². The van der Waals surface area contributed by atoms with Crippen LogP contribution in [0.1, 0.15) is 19.8 Å². The van der Waals surface area contributed by atoms with E-state index in [0.29, 0.717) is 13.0 Å². The van der Waals surface area contributed by atoms with E-state index in [0.717, 1.165) is 6.42 Å². The fraction of sp³-hybridized carbons (Fsp3) is 0.778. The van der Waals surface area contributed by atoms with Gasteiger partial charge in [0.1, 0.15) is 5.60 Å². The van der Waals surface area contributed by atoms with Crippen molar-refractivity contribution in [3.63, 3.8) is 0 Å². The Morgan fingerprint density at radius 3 is 3.07 bits per heavy atom. The Hall–Kier alpha value is -1.26. The van der Waals surface area contributed by atoms with Crippen LogP contribution >= 0.6 is 0 Å². The Balaban J connectivity index is 2.19. The topological polar surface area (TPSA) is 58.6 Å². The minimum Gasteiger partial charge on any atom is -0.457 e. The molecular formula is C9H14N2O3. The van der Waals surface area contributed by atoms with Gasteiger partial charge in [0.05, 0.1) is 12.5 Å². The van der Waals surface area contributed by atoms with Crippen LogP contribution in [-0.4, -0.2) is 42.1 Å². The van der Waals surface area contributed by atoms with E-state index in [4.69, 9.17) is 4.74 Å². The predicted molar refractivity (Wildman–Crippen MR) is 48.7 cm³/mol. The summed E-state index contributed by atoms with van der Waals surface area (Å²) in [5.74, 6) is -0.203. The quantitative estimate of drug-likeness (QED) is 0.562. The molecule has 5 heteroatoms. The SMILES string of the molecule is CNC(=O)N1CC[C@]2(C)OC(=O)C[C@H]12. The van der Waals surface area contributed by atoms with Gasteiger partial charge in [0.15, 0.2) is 0 Å². The predicted octanol–water partition coefficient (Wildman–Crippen LogP) is 0.106. The molecule has 1 N–H and O–H groups in total. The highest BCUT2D eigenvalue weighted by Gasteiger charge is 2.54. The lowest BCUT2D eigenvalue weighted by molar-refractivity contribution is -0.147. The third-order valence-corrected chi connectivity index (χ3v) is 3.11. The summed E-state index contributed by atoms with van der Waals surface area (Å²) in [4.78, 5) is 24.3. The first kappa shape index (κ1) is 9.30. The number of fused-ring (bicyclic) bond motifs is 1. The second kappa shape index (κ2) is 2.87. The maximum Gasteiger partial charge on any atom is 0.317 e. The first-order chi connectivity index (χ1) is 6.57. The van der Waals surface area contributed by atoms with Gasteiger partial charge in [-0.3, -0.25) is 4.79 Å². The number of hydrogen-bond donors (Lipinski definition) is 1. The zero-order valence-electron chi connectivity index (χ0n) is 8.37. The van der Waals surface area contributed by atoms with E-state index >= 15 is 0 Å². The minimum atomic E-state index is -0.455. The maximum absolute atomic E-state index is 11.5. The molecule has 5 nitrogen and oxygen atoms in total. The Kier molecular flexibility index (Phi) is 1.90. The van der Waals surface area contributed by atoms with Crippen molar-refractivity contribution in [1.82, 2.24) is 10.2 Å². The maximum atomic E-state index is 11.5. The fourth-order valence-electron chi connectivity index (χ4n) is 2.29. The first-order valence-corrected chi connectivity index (χ1v) is 4.77. The molecule has 0 radical (unpaired) electrons. The molecule has 14 heavy (non-hydrogen) atoms. The number of carbonyl (C=O) groups is 2. The standard InChI is InChI=1S/C9H14N2O3/c1-9-3-4-11(8(13)10-2)6(9)5-7(12)14-9/h6H,3-5H2,1-2H3,(H,10,13)/t6-,9-/m0/s1. The van der Waals surface area contributed by atoms with Crippen LogP contribution in [-0.2, 0) is 9.53 Å². The van der Waals surface area contributed by atoms with Gasteiger partial charge in [-0.05, 0) is 6.92 Å². The van der Waals surface area contributed by atoms with Gasteiger partial charge in [-0.2, -0.15) is 0 Å². The van der Waals surface area contributed by atoms with Crippen molar-refractivity contribution in [2.24, 2.45) is 0 Å². The second-order valence-corrected chi connectivity index (χ2v) is 4.01. The number of rotatable bonds is 0. The average Bonchev–Trinajstić information content (AvgIpc) is 2.56. The lowest BCUT2D eigenvalue weighted by Crippen LogP contribution is -2.45. The number of urea groups is 1. The Morgan fingerprint density at radius 1 is 1.71 bits per heavy atom. The molecule has 2 atom stereocenters. The number of nitrogens with one attached hydrogen (secondary N) is 1. The van der Waals surface area contributed by atoms with Crippen molar-refractivity contribution < 1.29 is 14.3 Å². The Bertz CT molecular complexity index is 292. The van der Waals surface area contributed by atoms with Crippen LogP contribution in [0.25, 0.3) is 0 Å². The molecule has 2 saturated heterocycles. The molecule has 0 aromatic carbocycles. The number of likely N-dealkylation sites (tertiary alicyclic amines) is 1. The van der Waals surface area contributed by atoms with Gasteiger partial charge in [-0.15, -0.1) is 0 Å². The number of amides is 2.